The number of nitrogens with two attached hydrogens (primary N) is 1. The SMILES string of the molecule is CC(C)(C)OC(=O)NCCCNS(=O)(=O)c1cc(N)ccc1Cl. The Morgan fingerprint density at radius 2 is 1.96 bits per heavy atom. The molecule has 0 atom stereocenters. The van der Waals surface area contributed by atoms with Gasteiger partial charge < -0.3 is 15.8 Å². The molecule has 7 nitrogen and oxygen atoms in total. The summed E-state index contributed by atoms with van der Waals surface area (Å²) in [5.74, 6) is 0. The summed E-state index contributed by atoms with van der Waals surface area (Å²) in [7, 11) is -3.75. The van der Waals surface area contributed by atoms with Gasteiger partial charge in [0.25, 0.3) is 0 Å². The molecule has 0 saturated heterocycles. The Balaban J connectivity index is 2.43. The predicted octanol–water partition coefficient (Wildman–Crippen LogP) is 2.12. The van der Waals surface area contributed by atoms with Crippen molar-refractivity contribution in [2.75, 3.05) is 18.8 Å². The van der Waals surface area contributed by atoms with Crippen molar-refractivity contribution in [3.63, 3.8) is 0 Å². The Kier molecular flexibility index (Phi) is 6.67. The van der Waals surface area contributed by atoms with Crippen LogP contribution >= 0.6 is 11.6 Å². The zero-order valence-electron chi connectivity index (χ0n) is 13.3. The van der Waals surface area contributed by atoms with Crippen molar-refractivity contribution in [3.05, 3.63) is 23.2 Å². The molecule has 0 bridgehead atoms. The number of nitrogen functional groups attached to an aromatic ring is 1. The average molecular weight is 364 g/mol. The lowest BCUT2D eigenvalue weighted by Crippen LogP contribution is -2.34. The van der Waals surface area contributed by atoms with Crippen molar-refractivity contribution < 1.29 is 17.9 Å². The molecular formula is C14H22ClN3O4S. The summed E-state index contributed by atoms with van der Waals surface area (Å²) in [6.45, 7) is 5.70. The first-order valence-corrected chi connectivity index (χ1v) is 8.89. The number of rotatable bonds is 6. The number of sulfonamides is 1. The summed E-state index contributed by atoms with van der Waals surface area (Å²) < 4.78 is 31.7. The maximum atomic E-state index is 12.1. The fourth-order valence-electron chi connectivity index (χ4n) is 1.60. The van der Waals surface area contributed by atoms with Gasteiger partial charge in [0.05, 0.1) is 5.02 Å². The quantitative estimate of drug-likeness (QED) is 0.529. The van der Waals surface area contributed by atoms with Crippen LogP contribution in [0.1, 0.15) is 27.2 Å². The lowest BCUT2D eigenvalue weighted by molar-refractivity contribution is 0.0527. The number of nitrogens with one attached hydrogen (secondary N) is 2. The highest BCUT2D eigenvalue weighted by Crippen LogP contribution is 2.23. The summed E-state index contributed by atoms with van der Waals surface area (Å²) in [6, 6.07) is 4.24. The van der Waals surface area contributed by atoms with Crippen molar-refractivity contribution in [1.82, 2.24) is 10.0 Å². The molecule has 4 N–H and O–H groups in total. The third-order valence-electron chi connectivity index (χ3n) is 2.56. The van der Waals surface area contributed by atoms with E-state index in [1.165, 1.54) is 18.2 Å². The smallest absolute Gasteiger partial charge is 0.407 e. The number of alkyl carbamates (subject to hydrolysis) is 1. The van der Waals surface area contributed by atoms with Gasteiger partial charge in [-0.05, 0) is 45.4 Å². The van der Waals surface area contributed by atoms with Crippen LogP contribution in [0, 0.1) is 0 Å². The molecule has 0 heterocycles. The van der Waals surface area contributed by atoms with E-state index in [0.717, 1.165) is 0 Å². The number of carbonyl (C=O) groups is 1. The van der Waals surface area contributed by atoms with Crippen LogP contribution in [0.15, 0.2) is 23.1 Å². The summed E-state index contributed by atoms with van der Waals surface area (Å²) in [6.07, 6.45) is -0.141. The lowest BCUT2D eigenvalue weighted by Gasteiger charge is -2.19. The Morgan fingerprint density at radius 3 is 2.57 bits per heavy atom. The third-order valence-corrected chi connectivity index (χ3v) is 4.50. The highest BCUT2D eigenvalue weighted by molar-refractivity contribution is 7.89. The fraction of sp³-hybridized carbons (Fsp3) is 0.500. The monoisotopic (exact) mass is 363 g/mol. The molecule has 9 heteroatoms. The highest BCUT2D eigenvalue weighted by Gasteiger charge is 2.18. The molecule has 0 fully saturated rings. The van der Waals surface area contributed by atoms with Gasteiger partial charge in [-0.2, -0.15) is 0 Å². The second-order valence-electron chi connectivity index (χ2n) is 5.87. The van der Waals surface area contributed by atoms with Gasteiger partial charge in [-0.3, -0.25) is 0 Å². The van der Waals surface area contributed by atoms with E-state index < -0.39 is 21.7 Å². The van der Waals surface area contributed by atoms with E-state index in [0.29, 0.717) is 12.1 Å². The summed E-state index contributed by atoms with van der Waals surface area (Å²) in [5.41, 5.74) is 5.31. The molecule has 130 valence electrons. The molecule has 23 heavy (non-hydrogen) atoms. The molecule has 1 amide bonds. The van der Waals surface area contributed by atoms with Crippen molar-refractivity contribution in [3.8, 4) is 0 Å². The Labute approximate surface area is 141 Å². The van der Waals surface area contributed by atoms with Crippen LogP contribution in [0.2, 0.25) is 5.02 Å². The minimum Gasteiger partial charge on any atom is -0.444 e. The molecule has 0 radical (unpaired) electrons. The molecule has 0 unspecified atom stereocenters. The minimum absolute atomic E-state index is 0.0701. The van der Waals surface area contributed by atoms with Crippen LogP contribution < -0.4 is 15.8 Å². The summed E-state index contributed by atoms with van der Waals surface area (Å²) in [5, 5.41) is 2.64. The highest BCUT2D eigenvalue weighted by atomic mass is 35.5. The summed E-state index contributed by atoms with van der Waals surface area (Å²) in [4.78, 5) is 11.3. The van der Waals surface area contributed by atoms with E-state index in [1.807, 2.05) is 0 Å². The second-order valence-corrected chi connectivity index (χ2v) is 8.01. The number of ether oxygens (including phenoxy) is 1. The van der Waals surface area contributed by atoms with Crippen molar-refractivity contribution in [2.45, 2.75) is 37.7 Å². The number of hydrogen-bond acceptors (Lipinski definition) is 5. The van der Waals surface area contributed by atoms with Gasteiger partial charge in [-0.25, -0.2) is 17.9 Å². The van der Waals surface area contributed by atoms with E-state index in [1.54, 1.807) is 20.8 Å². The molecule has 1 rings (SSSR count). The number of anilines is 1. The van der Waals surface area contributed by atoms with Gasteiger partial charge in [-0.1, -0.05) is 11.6 Å². The van der Waals surface area contributed by atoms with E-state index in [-0.39, 0.29) is 23.0 Å². The van der Waals surface area contributed by atoms with Crippen LogP contribution in [0.5, 0.6) is 0 Å². The first-order valence-electron chi connectivity index (χ1n) is 7.03. The fourth-order valence-corrected chi connectivity index (χ4v) is 3.21. The second kappa shape index (κ2) is 7.85. The first-order chi connectivity index (χ1) is 10.5. The molecule has 0 saturated carbocycles. The average Bonchev–Trinajstić information content (AvgIpc) is 2.39. The molecule has 1 aromatic carbocycles. The Morgan fingerprint density at radius 1 is 1.30 bits per heavy atom. The zero-order chi connectivity index (χ0) is 17.7. The molecule has 0 aliphatic rings. The normalized spacial score (nSPS) is 12.0. The molecule has 0 aliphatic carbocycles. The number of benzene rings is 1. The van der Waals surface area contributed by atoms with Crippen LogP contribution in [-0.2, 0) is 14.8 Å². The van der Waals surface area contributed by atoms with Crippen molar-refractivity contribution >= 4 is 33.4 Å². The Bertz CT molecular complexity index is 656. The number of halogens is 1. The van der Waals surface area contributed by atoms with E-state index >= 15 is 0 Å². The van der Waals surface area contributed by atoms with Gasteiger partial charge >= 0.3 is 6.09 Å². The van der Waals surface area contributed by atoms with Gasteiger partial charge in [-0.15, -0.1) is 0 Å². The first kappa shape index (κ1) is 19.5. The third kappa shape index (κ3) is 7.06. The maximum Gasteiger partial charge on any atom is 0.407 e. The molecule has 0 aromatic heterocycles. The van der Waals surface area contributed by atoms with Crippen LogP contribution in [0.25, 0.3) is 0 Å². The van der Waals surface area contributed by atoms with Crippen molar-refractivity contribution in [2.24, 2.45) is 0 Å². The lowest BCUT2D eigenvalue weighted by atomic mass is 10.2. The predicted molar refractivity (Wildman–Crippen MR) is 89.9 cm³/mol. The van der Waals surface area contributed by atoms with Crippen LogP contribution in [0.3, 0.4) is 0 Å². The van der Waals surface area contributed by atoms with E-state index in [4.69, 9.17) is 22.1 Å². The summed E-state index contributed by atoms with van der Waals surface area (Å²) >= 11 is 5.88. The van der Waals surface area contributed by atoms with Gasteiger partial charge in [0.2, 0.25) is 10.0 Å². The van der Waals surface area contributed by atoms with Gasteiger partial charge in [0.1, 0.15) is 10.5 Å². The maximum absolute atomic E-state index is 12.1. The molecule has 1 aromatic rings. The van der Waals surface area contributed by atoms with Gasteiger partial charge in [0, 0.05) is 18.8 Å². The van der Waals surface area contributed by atoms with Crippen LogP contribution in [0.4, 0.5) is 10.5 Å². The number of carbonyl (C=O) groups excluding carboxylic acids is 1. The molecule has 0 spiro atoms. The van der Waals surface area contributed by atoms with Gasteiger partial charge in [0.15, 0.2) is 0 Å². The van der Waals surface area contributed by atoms with E-state index in [2.05, 4.69) is 10.0 Å². The van der Waals surface area contributed by atoms with Crippen molar-refractivity contribution in [1.29, 1.82) is 0 Å². The molecular weight excluding hydrogens is 342 g/mol. The number of amides is 1. The zero-order valence-corrected chi connectivity index (χ0v) is 14.9. The standard InChI is InChI=1S/C14H22ClN3O4S/c1-14(2,3)22-13(19)17-7-4-8-18-23(20,21)12-9-10(16)5-6-11(12)15/h5-6,9,18H,4,7-8,16H2,1-3H3,(H,17,19). The molecule has 0 aliphatic heterocycles. The topological polar surface area (TPSA) is 111 Å². The minimum atomic E-state index is -3.75. The van der Waals surface area contributed by atoms with E-state index in [9.17, 15) is 13.2 Å². The van der Waals surface area contributed by atoms with Crippen LogP contribution in [-0.4, -0.2) is 33.2 Å². The number of hydrogen-bond donors (Lipinski definition) is 3. The Hall–Kier alpha value is -1.51. The largest absolute Gasteiger partial charge is 0.444 e.